The van der Waals surface area contributed by atoms with E-state index in [9.17, 15) is 13.2 Å². The summed E-state index contributed by atoms with van der Waals surface area (Å²) in [6.07, 6.45) is 0.547. The Labute approximate surface area is 100 Å². The lowest BCUT2D eigenvalue weighted by atomic mass is 9.96. The molecule has 0 radical (unpaired) electrons. The summed E-state index contributed by atoms with van der Waals surface area (Å²) in [5.74, 6) is 0.0154. The maximum absolute atomic E-state index is 12.8. The molecule has 0 bridgehead atoms. The van der Waals surface area contributed by atoms with Crippen LogP contribution in [-0.2, 0) is 6.18 Å². The fourth-order valence-corrected chi connectivity index (χ4v) is 2.59. The smallest absolute Gasteiger partial charge is 0.250 e. The lowest BCUT2D eigenvalue weighted by Crippen LogP contribution is -2.13. The molecule has 1 aliphatic rings. The number of halogens is 4. The first-order valence-electron chi connectivity index (χ1n) is 5.21. The maximum Gasteiger partial charge on any atom is 0.433 e. The highest BCUT2D eigenvalue weighted by atomic mass is 79.9. The second kappa shape index (κ2) is 4.35. The molecule has 88 valence electrons. The topological polar surface area (TPSA) is 12.9 Å². The van der Waals surface area contributed by atoms with E-state index in [1.54, 1.807) is 6.07 Å². The summed E-state index contributed by atoms with van der Waals surface area (Å²) in [5.41, 5.74) is -0.373. The number of hydrogen-bond acceptors (Lipinski definition) is 1. The van der Waals surface area contributed by atoms with Gasteiger partial charge < -0.3 is 0 Å². The summed E-state index contributed by atoms with van der Waals surface area (Å²) in [5, 5.41) is 0. The first-order chi connectivity index (χ1) is 7.48. The summed E-state index contributed by atoms with van der Waals surface area (Å²) in [6.45, 7) is 0. The molecule has 0 spiro atoms. The molecule has 1 fully saturated rings. The highest BCUT2D eigenvalue weighted by Gasteiger charge is 2.37. The van der Waals surface area contributed by atoms with Crippen LogP contribution in [0.2, 0.25) is 0 Å². The van der Waals surface area contributed by atoms with Crippen molar-refractivity contribution < 1.29 is 13.2 Å². The van der Waals surface area contributed by atoms with Gasteiger partial charge in [0.05, 0.1) is 0 Å². The number of rotatable bonds is 1. The highest BCUT2D eigenvalue weighted by molar-refractivity contribution is 9.10. The zero-order valence-corrected chi connectivity index (χ0v) is 10.1. The summed E-state index contributed by atoms with van der Waals surface area (Å²) in [6, 6.07) is 1.56. The standard InChI is InChI=1S/C11H11BrF3N/c12-8-5-9(7-3-1-2-4-7)10(16-6-8)11(13,14)15/h5-7H,1-4H2. The van der Waals surface area contributed by atoms with Crippen LogP contribution in [0.4, 0.5) is 13.2 Å². The van der Waals surface area contributed by atoms with Gasteiger partial charge in [-0.2, -0.15) is 13.2 Å². The minimum absolute atomic E-state index is 0.0154. The number of pyridine rings is 1. The SMILES string of the molecule is FC(F)(F)c1ncc(Br)cc1C1CCCC1. The van der Waals surface area contributed by atoms with E-state index in [1.807, 2.05) is 0 Å². The molecular weight excluding hydrogens is 283 g/mol. The van der Waals surface area contributed by atoms with Gasteiger partial charge in [0.25, 0.3) is 0 Å². The average molecular weight is 294 g/mol. The Morgan fingerprint density at radius 3 is 2.44 bits per heavy atom. The quantitative estimate of drug-likeness (QED) is 0.742. The molecule has 2 rings (SSSR count). The normalized spacial score (nSPS) is 18.0. The molecule has 5 heteroatoms. The van der Waals surface area contributed by atoms with Gasteiger partial charge in [-0.1, -0.05) is 12.8 Å². The van der Waals surface area contributed by atoms with Crippen molar-refractivity contribution >= 4 is 15.9 Å². The fourth-order valence-electron chi connectivity index (χ4n) is 2.24. The van der Waals surface area contributed by atoms with Crippen LogP contribution in [0.1, 0.15) is 42.9 Å². The van der Waals surface area contributed by atoms with E-state index in [4.69, 9.17) is 0 Å². The van der Waals surface area contributed by atoms with E-state index in [2.05, 4.69) is 20.9 Å². The summed E-state index contributed by atoms with van der Waals surface area (Å²) < 4.78 is 38.9. The van der Waals surface area contributed by atoms with Crippen molar-refractivity contribution in [2.75, 3.05) is 0 Å². The summed E-state index contributed by atoms with van der Waals surface area (Å²) in [7, 11) is 0. The lowest BCUT2D eigenvalue weighted by molar-refractivity contribution is -0.142. The third-order valence-corrected chi connectivity index (χ3v) is 3.38. The molecule has 1 aromatic rings. The Balaban J connectivity index is 2.43. The van der Waals surface area contributed by atoms with Gasteiger partial charge >= 0.3 is 6.18 Å². The van der Waals surface area contributed by atoms with Gasteiger partial charge in [-0.05, 0) is 46.3 Å². The third-order valence-electron chi connectivity index (χ3n) is 2.95. The minimum atomic E-state index is -4.35. The van der Waals surface area contributed by atoms with E-state index < -0.39 is 11.9 Å². The Morgan fingerprint density at radius 1 is 1.25 bits per heavy atom. The van der Waals surface area contributed by atoms with Crippen molar-refractivity contribution in [3.63, 3.8) is 0 Å². The van der Waals surface area contributed by atoms with Crippen molar-refractivity contribution in [1.82, 2.24) is 4.98 Å². The lowest BCUT2D eigenvalue weighted by Gasteiger charge is -2.16. The molecule has 1 nitrogen and oxygen atoms in total. The molecule has 16 heavy (non-hydrogen) atoms. The second-order valence-electron chi connectivity index (χ2n) is 4.07. The van der Waals surface area contributed by atoms with Gasteiger partial charge in [-0.15, -0.1) is 0 Å². The van der Waals surface area contributed by atoms with Gasteiger partial charge in [-0.3, -0.25) is 4.98 Å². The van der Waals surface area contributed by atoms with Crippen LogP contribution >= 0.6 is 15.9 Å². The summed E-state index contributed by atoms with van der Waals surface area (Å²) >= 11 is 3.18. The zero-order valence-electron chi connectivity index (χ0n) is 8.52. The van der Waals surface area contributed by atoms with Crippen LogP contribution in [-0.4, -0.2) is 4.98 Å². The average Bonchev–Trinajstić information content (AvgIpc) is 2.68. The Bertz CT molecular complexity index is 383. The van der Waals surface area contributed by atoms with E-state index in [0.29, 0.717) is 10.0 Å². The number of hydrogen-bond donors (Lipinski definition) is 0. The monoisotopic (exact) mass is 293 g/mol. The van der Waals surface area contributed by atoms with Crippen LogP contribution in [0.3, 0.4) is 0 Å². The van der Waals surface area contributed by atoms with Crippen LogP contribution in [0.15, 0.2) is 16.7 Å². The largest absolute Gasteiger partial charge is 0.433 e. The van der Waals surface area contributed by atoms with E-state index >= 15 is 0 Å². The molecular formula is C11H11BrF3N. The predicted octanol–water partition coefficient (Wildman–Crippen LogP) is 4.52. The second-order valence-corrected chi connectivity index (χ2v) is 4.99. The molecule has 1 aromatic heterocycles. The van der Waals surface area contributed by atoms with Gasteiger partial charge in [0.15, 0.2) is 0 Å². The van der Waals surface area contributed by atoms with Crippen molar-refractivity contribution in [3.8, 4) is 0 Å². The van der Waals surface area contributed by atoms with Crippen LogP contribution in [0.5, 0.6) is 0 Å². The maximum atomic E-state index is 12.8. The van der Waals surface area contributed by atoms with Crippen LogP contribution < -0.4 is 0 Å². The fraction of sp³-hybridized carbons (Fsp3) is 0.545. The predicted molar refractivity (Wildman–Crippen MR) is 58.1 cm³/mol. The van der Waals surface area contributed by atoms with Crippen molar-refractivity contribution in [2.24, 2.45) is 0 Å². The van der Waals surface area contributed by atoms with Gasteiger partial charge in [0, 0.05) is 10.7 Å². The van der Waals surface area contributed by atoms with E-state index in [1.165, 1.54) is 6.20 Å². The van der Waals surface area contributed by atoms with Crippen molar-refractivity contribution in [2.45, 2.75) is 37.8 Å². The van der Waals surface area contributed by atoms with Crippen LogP contribution in [0.25, 0.3) is 0 Å². The molecule has 0 amide bonds. The molecule has 0 N–H and O–H groups in total. The molecule has 1 saturated carbocycles. The molecule has 0 unspecified atom stereocenters. The Morgan fingerprint density at radius 2 is 1.88 bits per heavy atom. The van der Waals surface area contributed by atoms with Crippen molar-refractivity contribution in [1.29, 1.82) is 0 Å². The van der Waals surface area contributed by atoms with Gasteiger partial charge in [0.1, 0.15) is 5.69 Å². The number of alkyl halides is 3. The molecule has 0 aliphatic heterocycles. The van der Waals surface area contributed by atoms with Crippen LogP contribution in [0, 0.1) is 0 Å². The van der Waals surface area contributed by atoms with E-state index in [0.717, 1.165) is 25.7 Å². The molecule has 0 atom stereocenters. The minimum Gasteiger partial charge on any atom is -0.250 e. The molecule has 0 aromatic carbocycles. The zero-order chi connectivity index (χ0) is 11.8. The third kappa shape index (κ3) is 2.39. The molecule has 1 heterocycles. The first-order valence-corrected chi connectivity index (χ1v) is 6.00. The van der Waals surface area contributed by atoms with Gasteiger partial charge in [0.2, 0.25) is 0 Å². The number of nitrogens with zero attached hydrogens (tertiary/aromatic N) is 1. The Hall–Kier alpha value is -0.580. The van der Waals surface area contributed by atoms with Gasteiger partial charge in [-0.25, -0.2) is 0 Å². The Kier molecular flexibility index (Phi) is 3.24. The van der Waals surface area contributed by atoms with Crippen molar-refractivity contribution in [3.05, 3.63) is 28.0 Å². The first kappa shape index (κ1) is 11.9. The molecule has 1 aliphatic carbocycles. The molecule has 0 saturated heterocycles. The number of aromatic nitrogens is 1. The highest BCUT2D eigenvalue weighted by Crippen LogP contribution is 2.41. The van der Waals surface area contributed by atoms with E-state index in [-0.39, 0.29) is 5.92 Å². The summed E-state index contributed by atoms with van der Waals surface area (Å²) in [4.78, 5) is 3.52.